The first-order valence-electron chi connectivity index (χ1n) is 15.1. The number of aliphatic carboxylic acids is 1. The summed E-state index contributed by atoms with van der Waals surface area (Å²) < 4.78 is 28.7. The highest BCUT2D eigenvalue weighted by Gasteiger charge is 2.34. The number of nitrogens with zero attached hydrogens (tertiary/aromatic N) is 3. The molecule has 1 amide bonds. The first-order valence-corrected chi connectivity index (χ1v) is 15.1. The number of amides is 1. The highest BCUT2D eigenvalue weighted by molar-refractivity contribution is 5.90. The largest absolute Gasteiger partial charge is 0.490 e. The van der Waals surface area contributed by atoms with Crippen LogP contribution in [0, 0.1) is 25.1 Å². The quantitative estimate of drug-likeness (QED) is 0.235. The zero-order valence-corrected chi connectivity index (χ0v) is 26.7. The summed E-state index contributed by atoms with van der Waals surface area (Å²) in [7, 11) is 0. The minimum Gasteiger partial charge on any atom is -0.490 e. The van der Waals surface area contributed by atoms with Gasteiger partial charge in [-0.25, -0.2) is 18.7 Å². The van der Waals surface area contributed by atoms with Crippen LogP contribution in [0.5, 0.6) is 5.75 Å². The van der Waals surface area contributed by atoms with Crippen molar-refractivity contribution in [3.05, 3.63) is 40.3 Å². The van der Waals surface area contributed by atoms with Crippen LogP contribution in [0.15, 0.2) is 12.1 Å². The Morgan fingerprint density at radius 1 is 1.14 bits per heavy atom. The molecule has 1 aromatic carbocycles. The number of nitrogens with one attached hydrogen (secondary N) is 1. The predicted molar refractivity (Wildman–Crippen MR) is 164 cm³/mol. The number of halogens is 1. The molecule has 0 bridgehead atoms. The molecule has 2 aromatic heterocycles. The van der Waals surface area contributed by atoms with Crippen molar-refractivity contribution in [1.82, 2.24) is 14.6 Å². The van der Waals surface area contributed by atoms with Crippen LogP contribution < -0.4 is 10.1 Å². The van der Waals surface area contributed by atoms with Crippen LogP contribution in [0.25, 0.3) is 16.9 Å². The number of aromatic nitrogens is 3. The molecule has 4 rings (SSSR count). The highest BCUT2D eigenvalue weighted by Crippen LogP contribution is 2.41. The molecule has 0 fully saturated rings. The van der Waals surface area contributed by atoms with Crippen molar-refractivity contribution in [2.45, 2.75) is 112 Å². The maximum atomic E-state index is 15.5. The number of carbonyl (C=O) groups excluding carboxylic acids is 1. The fraction of sp³-hybridized carbons (Fsp3) is 0.576. The van der Waals surface area contributed by atoms with E-state index in [-0.39, 0.29) is 28.5 Å². The third kappa shape index (κ3) is 7.71. The minimum atomic E-state index is -1.41. The highest BCUT2D eigenvalue weighted by atomic mass is 19.1. The standard InChI is InChI=1S/C33H45FN4O5/c1-19-21-13-12-16-42-29(21)23(34)17-22(19)28-27(30(31(40)41)43-33(6,7)8)20(2)35-25-18-24(37-38(25)28)36-26(39)14-10-9-11-15-32(3,4)5/h17-18,30H,9-16H2,1-8H3,(H,40,41)(H,36,37,39)/t30-/m0/s1. The van der Waals surface area contributed by atoms with Gasteiger partial charge < -0.3 is 19.9 Å². The molecule has 0 spiro atoms. The SMILES string of the molecule is Cc1nc2cc(NC(=O)CCCCCC(C)(C)C)nn2c(-c2cc(F)c3c(c2C)CCCO3)c1[C@H](OC(C)(C)C)C(=O)O. The van der Waals surface area contributed by atoms with Crippen molar-refractivity contribution in [1.29, 1.82) is 0 Å². The Balaban J connectivity index is 1.79. The van der Waals surface area contributed by atoms with E-state index in [1.807, 2.05) is 6.92 Å². The first kappa shape index (κ1) is 32.4. The Kier molecular flexibility index (Phi) is 9.49. The van der Waals surface area contributed by atoms with E-state index in [1.54, 1.807) is 33.8 Å². The third-order valence-electron chi connectivity index (χ3n) is 7.58. The monoisotopic (exact) mass is 596 g/mol. The molecule has 1 aliphatic rings. The second kappa shape index (κ2) is 12.6. The number of carbonyl (C=O) groups is 2. The molecule has 9 nitrogen and oxygen atoms in total. The van der Waals surface area contributed by atoms with E-state index in [2.05, 4.69) is 36.2 Å². The lowest BCUT2D eigenvalue weighted by atomic mass is 9.89. The summed E-state index contributed by atoms with van der Waals surface area (Å²) in [5.74, 6) is -1.38. The van der Waals surface area contributed by atoms with Gasteiger partial charge in [-0.1, -0.05) is 33.6 Å². The van der Waals surface area contributed by atoms with Gasteiger partial charge in [0, 0.05) is 34.9 Å². The van der Waals surface area contributed by atoms with Gasteiger partial charge in [0.2, 0.25) is 5.91 Å². The fourth-order valence-corrected chi connectivity index (χ4v) is 5.58. The van der Waals surface area contributed by atoms with Gasteiger partial charge in [-0.2, -0.15) is 0 Å². The topological polar surface area (TPSA) is 115 Å². The zero-order valence-electron chi connectivity index (χ0n) is 26.7. The van der Waals surface area contributed by atoms with Crippen LogP contribution in [-0.2, 0) is 20.7 Å². The Hall–Kier alpha value is -3.53. The van der Waals surface area contributed by atoms with Gasteiger partial charge >= 0.3 is 5.97 Å². The maximum Gasteiger partial charge on any atom is 0.337 e. The van der Waals surface area contributed by atoms with E-state index in [0.717, 1.165) is 43.2 Å². The van der Waals surface area contributed by atoms with Gasteiger partial charge in [0.1, 0.15) is 0 Å². The maximum absolute atomic E-state index is 15.5. The van der Waals surface area contributed by atoms with Crippen molar-refractivity contribution in [3.8, 4) is 17.0 Å². The lowest BCUT2D eigenvalue weighted by molar-refractivity contribution is -0.160. The van der Waals surface area contributed by atoms with Crippen molar-refractivity contribution >= 4 is 23.3 Å². The molecule has 0 saturated heterocycles. The molecule has 0 radical (unpaired) electrons. The normalized spacial score (nSPS) is 14.3. The van der Waals surface area contributed by atoms with Gasteiger partial charge in [0.05, 0.1) is 17.9 Å². The Bertz CT molecular complexity index is 1520. The predicted octanol–water partition coefficient (Wildman–Crippen LogP) is 7.35. The molecule has 0 aliphatic carbocycles. The first-order chi connectivity index (χ1) is 20.1. The zero-order chi connectivity index (χ0) is 31.7. The molecule has 1 aliphatic heterocycles. The number of ether oxygens (including phenoxy) is 2. The van der Waals surface area contributed by atoms with E-state index < -0.39 is 23.5 Å². The number of benzene rings is 1. The summed E-state index contributed by atoms with van der Waals surface area (Å²) in [4.78, 5) is 30.1. The smallest absolute Gasteiger partial charge is 0.337 e. The number of fused-ring (bicyclic) bond motifs is 2. The number of carboxylic acids is 1. The van der Waals surface area contributed by atoms with E-state index in [0.29, 0.717) is 42.0 Å². The van der Waals surface area contributed by atoms with Crippen LogP contribution in [-0.4, -0.2) is 43.8 Å². The lowest BCUT2D eigenvalue weighted by Crippen LogP contribution is -2.29. The molecule has 2 N–H and O–H groups in total. The summed E-state index contributed by atoms with van der Waals surface area (Å²) >= 11 is 0. The number of carboxylic acid groups (broad SMARTS) is 1. The Morgan fingerprint density at radius 2 is 1.86 bits per heavy atom. The molecule has 3 aromatic rings. The van der Waals surface area contributed by atoms with E-state index >= 15 is 4.39 Å². The van der Waals surface area contributed by atoms with Crippen LogP contribution in [0.2, 0.25) is 0 Å². The van der Waals surface area contributed by atoms with Crippen LogP contribution in [0.3, 0.4) is 0 Å². The molecule has 3 heterocycles. The summed E-state index contributed by atoms with van der Waals surface area (Å²) in [5, 5.41) is 17.8. The van der Waals surface area contributed by atoms with Crippen molar-refractivity contribution in [2.24, 2.45) is 5.41 Å². The molecule has 43 heavy (non-hydrogen) atoms. The van der Waals surface area contributed by atoms with Crippen LogP contribution in [0.4, 0.5) is 10.2 Å². The summed E-state index contributed by atoms with van der Waals surface area (Å²) in [6, 6.07) is 3.01. The number of hydrogen-bond donors (Lipinski definition) is 2. The summed E-state index contributed by atoms with van der Waals surface area (Å²) in [6.45, 7) is 16.0. The van der Waals surface area contributed by atoms with E-state index in [9.17, 15) is 14.7 Å². The molecule has 1 atom stereocenters. The van der Waals surface area contributed by atoms with Gasteiger partial charge in [-0.15, -0.1) is 5.10 Å². The second-order valence-corrected chi connectivity index (χ2v) is 13.7. The number of rotatable bonds is 10. The van der Waals surface area contributed by atoms with Crippen molar-refractivity contribution in [3.63, 3.8) is 0 Å². The average molecular weight is 597 g/mol. The lowest BCUT2D eigenvalue weighted by Gasteiger charge is -2.28. The number of aryl methyl sites for hydroxylation is 1. The average Bonchev–Trinajstić information content (AvgIpc) is 3.29. The molecular formula is C33H45FN4O5. The van der Waals surface area contributed by atoms with Crippen LogP contribution >= 0.6 is 0 Å². The minimum absolute atomic E-state index is 0.162. The molecule has 0 saturated carbocycles. The molecule has 10 heteroatoms. The van der Waals surface area contributed by atoms with Crippen molar-refractivity contribution in [2.75, 3.05) is 11.9 Å². The van der Waals surface area contributed by atoms with E-state index in [4.69, 9.17) is 9.47 Å². The van der Waals surface area contributed by atoms with E-state index in [1.165, 1.54) is 10.6 Å². The Morgan fingerprint density at radius 3 is 2.51 bits per heavy atom. The van der Waals surface area contributed by atoms with Gasteiger partial charge in [0.25, 0.3) is 0 Å². The summed E-state index contributed by atoms with van der Waals surface area (Å²) in [6.07, 6.45) is 4.21. The van der Waals surface area contributed by atoms with Crippen LogP contribution in [0.1, 0.15) is 109 Å². The number of anilines is 1. The van der Waals surface area contributed by atoms with Gasteiger partial charge in [0.15, 0.2) is 29.1 Å². The third-order valence-corrected chi connectivity index (χ3v) is 7.58. The van der Waals surface area contributed by atoms with Gasteiger partial charge in [-0.3, -0.25) is 4.79 Å². The summed E-state index contributed by atoms with van der Waals surface area (Å²) in [5.41, 5.74) is 2.86. The fourth-order valence-electron chi connectivity index (χ4n) is 5.58. The number of hydrogen-bond acceptors (Lipinski definition) is 6. The van der Waals surface area contributed by atoms with Gasteiger partial charge in [-0.05, 0) is 77.3 Å². The molecule has 234 valence electrons. The molecule has 0 unspecified atom stereocenters. The Labute approximate surface area is 253 Å². The molecular weight excluding hydrogens is 551 g/mol. The second-order valence-electron chi connectivity index (χ2n) is 13.7. The van der Waals surface area contributed by atoms with Crippen molar-refractivity contribution < 1.29 is 28.6 Å². The number of unbranched alkanes of at least 4 members (excludes halogenated alkanes) is 2.